The minimum atomic E-state index is -0.810. The molecule has 2 aromatic rings. The van der Waals surface area contributed by atoms with Crippen molar-refractivity contribution >= 4 is 5.91 Å². The van der Waals surface area contributed by atoms with Gasteiger partial charge in [-0.2, -0.15) is 0 Å². The second-order valence-corrected chi connectivity index (χ2v) is 5.61. The van der Waals surface area contributed by atoms with Gasteiger partial charge in [-0.05, 0) is 24.3 Å². The predicted molar refractivity (Wildman–Crippen MR) is 83.9 cm³/mol. The number of amides is 1. The van der Waals surface area contributed by atoms with Crippen molar-refractivity contribution in [2.45, 2.75) is 6.10 Å². The fourth-order valence-corrected chi connectivity index (χ4v) is 2.58. The average molecular weight is 351 g/mol. The maximum Gasteiger partial charge on any atom is 0.256 e. The Morgan fingerprint density at radius 3 is 2.72 bits per heavy atom. The molecule has 1 amide bonds. The van der Waals surface area contributed by atoms with Crippen LogP contribution in [0.1, 0.15) is 10.4 Å². The number of morpholine rings is 1. The molecule has 1 saturated heterocycles. The minimum Gasteiger partial charge on any atom is -0.488 e. The Balaban J connectivity index is 1.61. The fourth-order valence-electron chi connectivity index (χ4n) is 2.58. The van der Waals surface area contributed by atoms with Gasteiger partial charge < -0.3 is 14.4 Å². The van der Waals surface area contributed by atoms with E-state index in [4.69, 9.17) is 9.47 Å². The second kappa shape index (κ2) is 7.57. The summed E-state index contributed by atoms with van der Waals surface area (Å²) in [4.78, 5) is 13.9. The van der Waals surface area contributed by atoms with Crippen molar-refractivity contribution in [1.29, 1.82) is 0 Å². The first-order valence-corrected chi connectivity index (χ1v) is 7.78. The van der Waals surface area contributed by atoms with Crippen LogP contribution < -0.4 is 4.74 Å². The summed E-state index contributed by atoms with van der Waals surface area (Å²) in [6, 6.07) is 8.76. The molecule has 1 aliphatic heterocycles. The van der Waals surface area contributed by atoms with E-state index in [2.05, 4.69) is 0 Å². The van der Waals surface area contributed by atoms with Crippen molar-refractivity contribution in [3.63, 3.8) is 0 Å². The van der Waals surface area contributed by atoms with Gasteiger partial charge >= 0.3 is 0 Å². The van der Waals surface area contributed by atoms with E-state index >= 15 is 0 Å². The zero-order valence-corrected chi connectivity index (χ0v) is 13.3. The van der Waals surface area contributed by atoms with Gasteiger partial charge in [0.2, 0.25) is 0 Å². The Hall–Kier alpha value is -2.54. The topological polar surface area (TPSA) is 38.8 Å². The molecule has 1 heterocycles. The fraction of sp³-hybridized carbons (Fsp3) is 0.278. The summed E-state index contributed by atoms with van der Waals surface area (Å²) in [6.45, 7) is 0.772. The van der Waals surface area contributed by atoms with Crippen molar-refractivity contribution in [2.24, 2.45) is 0 Å². The largest absolute Gasteiger partial charge is 0.488 e. The van der Waals surface area contributed by atoms with Gasteiger partial charge in [0.1, 0.15) is 24.3 Å². The van der Waals surface area contributed by atoms with Crippen LogP contribution in [0.5, 0.6) is 5.75 Å². The first-order valence-electron chi connectivity index (χ1n) is 7.78. The maximum atomic E-state index is 13.8. The van der Waals surface area contributed by atoms with Gasteiger partial charge in [0.15, 0.2) is 11.6 Å². The molecule has 132 valence electrons. The number of hydrogen-bond donors (Lipinski definition) is 0. The van der Waals surface area contributed by atoms with Crippen LogP contribution in [0, 0.1) is 17.5 Å². The van der Waals surface area contributed by atoms with Crippen molar-refractivity contribution in [2.75, 3.05) is 26.3 Å². The SMILES string of the molecule is O=C(c1ccccc1F)N1CCO[C@H](COc2ccc(F)cc2F)C1. The van der Waals surface area contributed by atoms with E-state index in [-0.39, 0.29) is 31.1 Å². The van der Waals surface area contributed by atoms with Gasteiger partial charge in [-0.25, -0.2) is 13.2 Å². The van der Waals surface area contributed by atoms with Gasteiger partial charge in [0, 0.05) is 12.6 Å². The molecule has 1 aliphatic rings. The molecule has 3 rings (SSSR count). The van der Waals surface area contributed by atoms with Gasteiger partial charge in [0.25, 0.3) is 5.91 Å². The first-order chi connectivity index (χ1) is 12.0. The molecular weight excluding hydrogens is 335 g/mol. The number of hydrogen-bond acceptors (Lipinski definition) is 3. The molecule has 1 atom stereocenters. The number of carbonyl (C=O) groups is 1. The molecular formula is C18H16F3NO3. The monoisotopic (exact) mass is 351 g/mol. The molecule has 0 aliphatic carbocycles. The Kier molecular flexibility index (Phi) is 5.23. The lowest BCUT2D eigenvalue weighted by Crippen LogP contribution is -2.47. The predicted octanol–water partition coefficient (Wildman–Crippen LogP) is 3.02. The Morgan fingerprint density at radius 1 is 1.16 bits per heavy atom. The zero-order valence-electron chi connectivity index (χ0n) is 13.3. The van der Waals surface area contributed by atoms with Crippen LogP contribution in [-0.2, 0) is 4.74 Å². The van der Waals surface area contributed by atoms with E-state index in [0.717, 1.165) is 12.1 Å². The smallest absolute Gasteiger partial charge is 0.256 e. The molecule has 1 fully saturated rings. The Labute approximate surface area is 142 Å². The van der Waals surface area contributed by atoms with Crippen LogP contribution in [-0.4, -0.2) is 43.2 Å². The summed E-state index contributed by atoms with van der Waals surface area (Å²) in [5.41, 5.74) is -0.00588. The number of carbonyl (C=O) groups excluding carboxylic acids is 1. The van der Waals surface area contributed by atoms with Crippen molar-refractivity contribution < 1.29 is 27.4 Å². The number of nitrogens with zero attached hydrogens (tertiary/aromatic N) is 1. The highest BCUT2D eigenvalue weighted by Gasteiger charge is 2.27. The minimum absolute atomic E-state index is 0.00588. The third-order valence-corrected chi connectivity index (χ3v) is 3.85. The number of ether oxygens (including phenoxy) is 2. The van der Waals surface area contributed by atoms with Crippen LogP contribution in [0.15, 0.2) is 42.5 Å². The molecule has 0 N–H and O–H groups in total. The third-order valence-electron chi connectivity index (χ3n) is 3.85. The number of rotatable bonds is 4. The highest BCUT2D eigenvalue weighted by atomic mass is 19.1. The summed E-state index contributed by atoms with van der Waals surface area (Å²) in [7, 11) is 0. The van der Waals surface area contributed by atoms with Gasteiger partial charge in [-0.1, -0.05) is 12.1 Å². The van der Waals surface area contributed by atoms with Crippen LogP contribution in [0.4, 0.5) is 13.2 Å². The lowest BCUT2D eigenvalue weighted by atomic mass is 10.1. The van der Waals surface area contributed by atoms with E-state index in [0.29, 0.717) is 6.54 Å². The lowest BCUT2D eigenvalue weighted by Gasteiger charge is -2.33. The van der Waals surface area contributed by atoms with E-state index in [9.17, 15) is 18.0 Å². The summed E-state index contributed by atoms with van der Waals surface area (Å²) >= 11 is 0. The van der Waals surface area contributed by atoms with Crippen molar-refractivity contribution in [1.82, 2.24) is 4.90 Å². The lowest BCUT2D eigenvalue weighted by molar-refractivity contribution is -0.0406. The Morgan fingerprint density at radius 2 is 1.96 bits per heavy atom. The van der Waals surface area contributed by atoms with E-state index in [1.165, 1.54) is 29.2 Å². The molecule has 0 bridgehead atoms. The molecule has 0 aromatic heterocycles. The standard InChI is InChI=1S/C18H16F3NO3/c19-12-5-6-17(16(21)9-12)25-11-13-10-22(7-8-24-13)18(23)14-3-1-2-4-15(14)20/h1-6,9,13H,7-8,10-11H2/t13-/m0/s1. The quantitative estimate of drug-likeness (QED) is 0.850. The molecule has 0 unspecified atom stereocenters. The number of halogens is 3. The average Bonchev–Trinajstić information content (AvgIpc) is 2.61. The first kappa shape index (κ1) is 17.3. The van der Waals surface area contributed by atoms with Gasteiger partial charge in [-0.15, -0.1) is 0 Å². The maximum absolute atomic E-state index is 13.8. The zero-order chi connectivity index (χ0) is 17.8. The molecule has 4 nitrogen and oxygen atoms in total. The normalized spacial score (nSPS) is 17.4. The summed E-state index contributed by atoms with van der Waals surface area (Å²) in [6.07, 6.45) is -0.492. The van der Waals surface area contributed by atoms with Crippen LogP contribution >= 0.6 is 0 Å². The molecule has 0 radical (unpaired) electrons. The third kappa shape index (κ3) is 4.11. The summed E-state index contributed by atoms with van der Waals surface area (Å²) in [5, 5.41) is 0. The summed E-state index contributed by atoms with van der Waals surface area (Å²) in [5.74, 6) is -2.61. The van der Waals surface area contributed by atoms with Crippen LogP contribution in [0.3, 0.4) is 0 Å². The highest BCUT2D eigenvalue weighted by molar-refractivity contribution is 5.94. The molecule has 25 heavy (non-hydrogen) atoms. The second-order valence-electron chi connectivity index (χ2n) is 5.61. The molecule has 2 aromatic carbocycles. The van der Waals surface area contributed by atoms with Crippen molar-refractivity contribution in [3.05, 3.63) is 65.5 Å². The van der Waals surface area contributed by atoms with Crippen LogP contribution in [0.25, 0.3) is 0 Å². The van der Waals surface area contributed by atoms with Crippen LogP contribution in [0.2, 0.25) is 0 Å². The molecule has 7 heteroatoms. The summed E-state index contributed by atoms with van der Waals surface area (Å²) < 4.78 is 51.0. The van der Waals surface area contributed by atoms with E-state index in [1.807, 2.05) is 0 Å². The molecule has 0 saturated carbocycles. The van der Waals surface area contributed by atoms with E-state index in [1.54, 1.807) is 6.07 Å². The molecule has 0 spiro atoms. The number of benzene rings is 2. The Bertz CT molecular complexity index is 769. The highest BCUT2D eigenvalue weighted by Crippen LogP contribution is 2.19. The van der Waals surface area contributed by atoms with Crippen molar-refractivity contribution in [3.8, 4) is 5.75 Å². The van der Waals surface area contributed by atoms with Gasteiger partial charge in [0.05, 0.1) is 18.7 Å². The van der Waals surface area contributed by atoms with E-state index < -0.39 is 29.5 Å². The van der Waals surface area contributed by atoms with Gasteiger partial charge in [-0.3, -0.25) is 4.79 Å².